The Morgan fingerprint density at radius 2 is 1.71 bits per heavy atom. The first-order chi connectivity index (χ1) is 9.86. The molecule has 0 fully saturated rings. The molecule has 4 heteroatoms. The van der Waals surface area contributed by atoms with Crippen LogP contribution in [0.1, 0.15) is 23.6 Å². The summed E-state index contributed by atoms with van der Waals surface area (Å²) in [6, 6.07) is 13.7. The van der Waals surface area contributed by atoms with Gasteiger partial charge in [-0.15, -0.1) is 0 Å². The Morgan fingerprint density at radius 1 is 1.05 bits per heavy atom. The Kier molecular flexibility index (Phi) is 4.56. The molecule has 1 N–H and O–H groups in total. The molecule has 2 aromatic rings. The second-order valence-electron chi connectivity index (χ2n) is 5.26. The van der Waals surface area contributed by atoms with Crippen LogP contribution in [-0.4, -0.2) is 6.04 Å². The fourth-order valence-corrected chi connectivity index (χ4v) is 2.24. The number of rotatable bonds is 4. The SMILES string of the molecule is Cc1ccc(C(F)(F)F)cc1NC(C)Cc1ccccc1. The van der Waals surface area contributed by atoms with E-state index in [0.717, 1.165) is 23.6 Å². The second-order valence-corrected chi connectivity index (χ2v) is 5.26. The molecule has 0 aliphatic heterocycles. The normalized spacial score (nSPS) is 13.0. The first kappa shape index (κ1) is 15.4. The molecule has 0 bridgehead atoms. The van der Waals surface area contributed by atoms with Gasteiger partial charge in [-0.25, -0.2) is 0 Å². The number of alkyl halides is 3. The van der Waals surface area contributed by atoms with E-state index in [4.69, 9.17) is 0 Å². The Bertz CT molecular complexity index is 591. The third-order valence-electron chi connectivity index (χ3n) is 3.35. The predicted octanol–water partition coefficient (Wildman–Crippen LogP) is 5.06. The molecule has 0 aliphatic carbocycles. The molecular formula is C17H18F3N. The number of hydrogen-bond donors (Lipinski definition) is 1. The monoisotopic (exact) mass is 293 g/mol. The summed E-state index contributed by atoms with van der Waals surface area (Å²) in [5, 5.41) is 3.17. The van der Waals surface area contributed by atoms with Crippen LogP contribution in [0.5, 0.6) is 0 Å². The largest absolute Gasteiger partial charge is 0.416 e. The van der Waals surface area contributed by atoms with Crippen molar-refractivity contribution in [1.82, 2.24) is 0 Å². The summed E-state index contributed by atoms with van der Waals surface area (Å²) in [5.41, 5.74) is 1.88. The number of nitrogens with one attached hydrogen (secondary N) is 1. The fraction of sp³-hybridized carbons (Fsp3) is 0.294. The third kappa shape index (κ3) is 4.25. The highest BCUT2D eigenvalue weighted by atomic mass is 19.4. The van der Waals surface area contributed by atoms with E-state index in [1.165, 1.54) is 12.1 Å². The molecule has 21 heavy (non-hydrogen) atoms. The molecule has 0 aliphatic rings. The average molecular weight is 293 g/mol. The molecule has 0 saturated heterocycles. The zero-order valence-electron chi connectivity index (χ0n) is 12.0. The molecule has 1 atom stereocenters. The number of benzene rings is 2. The maximum Gasteiger partial charge on any atom is 0.416 e. The van der Waals surface area contributed by atoms with E-state index in [-0.39, 0.29) is 6.04 Å². The molecular weight excluding hydrogens is 275 g/mol. The first-order valence-corrected chi connectivity index (χ1v) is 6.84. The highest BCUT2D eigenvalue weighted by molar-refractivity contribution is 5.54. The zero-order valence-corrected chi connectivity index (χ0v) is 12.0. The van der Waals surface area contributed by atoms with Gasteiger partial charge in [0.25, 0.3) is 0 Å². The van der Waals surface area contributed by atoms with Crippen LogP contribution in [0, 0.1) is 6.92 Å². The Hall–Kier alpha value is -1.97. The average Bonchev–Trinajstić information content (AvgIpc) is 2.41. The molecule has 0 amide bonds. The van der Waals surface area contributed by atoms with Crippen molar-refractivity contribution in [2.75, 3.05) is 5.32 Å². The Labute approximate surface area is 122 Å². The minimum atomic E-state index is -4.31. The lowest BCUT2D eigenvalue weighted by atomic mass is 10.1. The minimum Gasteiger partial charge on any atom is -0.382 e. The van der Waals surface area contributed by atoms with Crippen LogP contribution in [0.4, 0.5) is 18.9 Å². The molecule has 0 spiro atoms. The molecule has 1 nitrogen and oxygen atoms in total. The van der Waals surface area contributed by atoms with Gasteiger partial charge in [0.2, 0.25) is 0 Å². The fourth-order valence-electron chi connectivity index (χ4n) is 2.24. The van der Waals surface area contributed by atoms with Crippen LogP contribution in [0.2, 0.25) is 0 Å². The minimum absolute atomic E-state index is 0.0505. The molecule has 0 radical (unpaired) electrons. The number of anilines is 1. The van der Waals surface area contributed by atoms with Crippen molar-refractivity contribution in [3.8, 4) is 0 Å². The molecule has 2 aromatic carbocycles. The summed E-state index contributed by atoms with van der Waals surface area (Å²) in [4.78, 5) is 0. The molecule has 2 rings (SSSR count). The van der Waals surface area contributed by atoms with Gasteiger partial charge in [-0.2, -0.15) is 13.2 Å². The van der Waals surface area contributed by atoms with E-state index in [9.17, 15) is 13.2 Å². The highest BCUT2D eigenvalue weighted by Crippen LogP contribution is 2.32. The summed E-state index contributed by atoms with van der Waals surface area (Å²) in [6.07, 6.45) is -3.55. The highest BCUT2D eigenvalue weighted by Gasteiger charge is 2.30. The summed E-state index contributed by atoms with van der Waals surface area (Å²) in [5.74, 6) is 0. The molecule has 112 valence electrons. The van der Waals surface area contributed by atoms with E-state index in [1.807, 2.05) is 37.3 Å². The Balaban J connectivity index is 2.11. The third-order valence-corrected chi connectivity index (χ3v) is 3.35. The van der Waals surface area contributed by atoms with Gasteiger partial charge in [-0.05, 0) is 43.5 Å². The molecule has 0 aromatic heterocycles. The van der Waals surface area contributed by atoms with E-state index in [2.05, 4.69) is 5.32 Å². The summed E-state index contributed by atoms with van der Waals surface area (Å²) in [7, 11) is 0. The summed E-state index contributed by atoms with van der Waals surface area (Å²) in [6.45, 7) is 3.77. The lowest BCUT2D eigenvalue weighted by molar-refractivity contribution is -0.137. The Morgan fingerprint density at radius 3 is 2.33 bits per heavy atom. The van der Waals surface area contributed by atoms with Crippen molar-refractivity contribution in [3.63, 3.8) is 0 Å². The van der Waals surface area contributed by atoms with Gasteiger partial charge in [-0.3, -0.25) is 0 Å². The lowest BCUT2D eigenvalue weighted by Crippen LogP contribution is -2.19. The van der Waals surface area contributed by atoms with Gasteiger partial charge in [-0.1, -0.05) is 36.4 Å². The van der Waals surface area contributed by atoms with Gasteiger partial charge in [0.1, 0.15) is 0 Å². The van der Waals surface area contributed by atoms with Crippen LogP contribution in [0.3, 0.4) is 0 Å². The topological polar surface area (TPSA) is 12.0 Å². The van der Waals surface area contributed by atoms with Crippen molar-refractivity contribution >= 4 is 5.69 Å². The standard InChI is InChI=1S/C17H18F3N/c1-12-8-9-15(17(18,19)20)11-16(12)21-13(2)10-14-6-4-3-5-7-14/h3-9,11,13,21H,10H2,1-2H3. The van der Waals surface area contributed by atoms with Crippen LogP contribution in [0.25, 0.3) is 0 Å². The molecule has 0 saturated carbocycles. The van der Waals surface area contributed by atoms with Gasteiger partial charge in [0.15, 0.2) is 0 Å². The van der Waals surface area contributed by atoms with E-state index in [1.54, 1.807) is 6.92 Å². The van der Waals surface area contributed by atoms with Crippen molar-refractivity contribution in [1.29, 1.82) is 0 Å². The zero-order chi connectivity index (χ0) is 15.5. The quantitative estimate of drug-likeness (QED) is 0.831. The predicted molar refractivity (Wildman–Crippen MR) is 79.4 cm³/mol. The first-order valence-electron chi connectivity index (χ1n) is 6.84. The molecule has 0 heterocycles. The van der Waals surface area contributed by atoms with Crippen molar-refractivity contribution in [2.45, 2.75) is 32.5 Å². The maximum atomic E-state index is 12.8. The van der Waals surface area contributed by atoms with Crippen LogP contribution in [-0.2, 0) is 12.6 Å². The lowest BCUT2D eigenvalue weighted by Gasteiger charge is -2.18. The van der Waals surface area contributed by atoms with Gasteiger partial charge < -0.3 is 5.32 Å². The van der Waals surface area contributed by atoms with Crippen LogP contribution in [0.15, 0.2) is 48.5 Å². The maximum absolute atomic E-state index is 12.8. The van der Waals surface area contributed by atoms with E-state index in [0.29, 0.717) is 5.69 Å². The van der Waals surface area contributed by atoms with Gasteiger partial charge >= 0.3 is 6.18 Å². The summed E-state index contributed by atoms with van der Waals surface area (Å²) >= 11 is 0. The van der Waals surface area contributed by atoms with Crippen LogP contribution >= 0.6 is 0 Å². The second kappa shape index (κ2) is 6.20. The van der Waals surface area contributed by atoms with Crippen molar-refractivity contribution < 1.29 is 13.2 Å². The number of halogens is 3. The summed E-state index contributed by atoms with van der Waals surface area (Å²) < 4.78 is 38.3. The van der Waals surface area contributed by atoms with Crippen molar-refractivity contribution in [2.24, 2.45) is 0 Å². The molecule has 1 unspecified atom stereocenters. The van der Waals surface area contributed by atoms with Gasteiger partial charge in [0.05, 0.1) is 5.56 Å². The van der Waals surface area contributed by atoms with Gasteiger partial charge in [0, 0.05) is 11.7 Å². The number of hydrogen-bond acceptors (Lipinski definition) is 1. The van der Waals surface area contributed by atoms with E-state index < -0.39 is 11.7 Å². The van der Waals surface area contributed by atoms with E-state index >= 15 is 0 Å². The van der Waals surface area contributed by atoms with Crippen LogP contribution < -0.4 is 5.32 Å². The van der Waals surface area contributed by atoms with Crippen molar-refractivity contribution in [3.05, 3.63) is 65.2 Å². The number of aryl methyl sites for hydroxylation is 1. The smallest absolute Gasteiger partial charge is 0.382 e.